The Kier molecular flexibility index (Phi) is 30.0. The van der Waals surface area contributed by atoms with E-state index in [0.717, 1.165) is 10.8 Å². The predicted molar refractivity (Wildman–Crippen MR) is 366 cm³/mol. The zero-order chi connectivity index (χ0) is 75.9. The fourth-order valence-electron chi connectivity index (χ4n) is 12.0. The quantitative estimate of drug-likeness (QED) is 0.0162. The maximum absolute atomic E-state index is 12.9. The van der Waals surface area contributed by atoms with Gasteiger partial charge in [0.2, 0.25) is 23.4 Å². The van der Waals surface area contributed by atoms with Crippen LogP contribution in [-0.4, -0.2) is 177 Å². The number of aromatic amines is 1. The second-order valence-corrected chi connectivity index (χ2v) is 35.5. The van der Waals surface area contributed by atoms with Crippen molar-refractivity contribution in [3.63, 3.8) is 0 Å². The number of rotatable bonds is 42. The Labute approximate surface area is 589 Å². The number of allylic oxidation sites excluding steroid dienone is 4. The first-order valence-electron chi connectivity index (χ1n) is 32.2. The van der Waals surface area contributed by atoms with Gasteiger partial charge >= 0.3 is 29.2 Å². The minimum absolute atomic E-state index is 0.0140. The number of anilines is 1. The average molecular weight is 1580 g/mol. The lowest BCUT2D eigenvalue weighted by Crippen LogP contribution is -2.33. The van der Waals surface area contributed by atoms with Gasteiger partial charge in [-0.25, -0.2) is 26.9 Å². The number of nitrogens with one attached hydrogen (secondary N) is 4. The lowest BCUT2D eigenvalue weighted by Gasteiger charge is -2.30. The largest absolute Gasteiger partial charge is 0.744 e. The van der Waals surface area contributed by atoms with Gasteiger partial charge in [-0.2, -0.15) is 38.5 Å². The molecule has 0 spiro atoms. The second kappa shape index (κ2) is 36.0. The molecule has 0 radical (unpaired) electrons. The molecule has 1 fully saturated rings. The van der Waals surface area contributed by atoms with Gasteiger partial charge in [0.15, 0.2) is 5.71 Å². The molecule has 43 heteroatoms. The number of nitrogens with zero attached hydrogens (tertiary/aromatic N) is 3. The van der Waals surface area contributed by atoms with E-state index in [1.54, 1.807) is 36.7 Å². The SMILES string of the molecule is CC1(C)C(C=CC=C2N(CCCCCC(=O)NCCCCCC(=O)NCCCCCC(=O)NC/C=C/c3cn([C@H]4C[C@H](O)[C@@H](COP(=O)(O)OP(=O)(O)OP(=O)(O)O)O4)c(=O)[nH]c3=O)c3ccc(S(=O)(=O)[O-])cc3C2(C)CCCCS(=O)(=O)O)=[N+](CCCS(=O)(=O)O)c2ccc(S(=O)(=O)O)cc21. The highest BCUT2D eigenvalue weighted by Gasteiger charge is 2.47. The van der Waals surface area contributed by atoms with Gasteiger partial charge in [0.25, 0.3) is 35.9 Å². The molecule has 1 saturated heterocycles. The number of fused-ring (bicyclic) bond motifs is 2. The van der Waals surface area contributed by atoms with Crippen molar-refractivity contribution in [1.29, 1.82) is 0 Å². The maximum atomic E-state index is 12.9. The molecule has 2 aromatic carbocycles. The van der Waals surface area contributed by atoms with E-state index in [1.807, 2.05) is 11.8 Å². The van der Waals surface area contributed by atoms with Crippen molar-refractivity contribution in [2.75, 3.05) is 55.7 Å². The number of ether oxygens (including phenoxy) is 1. The number of hydrogen-bond acceptors (Lipinski definition) is 23. The predicted octanol–water partition coefficient (Wildman–Crippen LogP) is 4.35. The Bertz CT molecular complexity index is 4440. The van der Waals surface area contributed by atoms with E-state index in [9.17, 15) is 104 Å². The van der Waals surface area contributed by atoms with Gasteiger partial charge in [0, 0.05) is 99.0 Å². The van der Waals surface area contributed by atoms with E-state index < -0.39 is 127 Å². The molecule has 3 aromatic rings. The van der Waals surface area contributed by atoms with Crippen molar-refractivity contribution < 1.29 is 127 Å². The number of H-pyrrole nitrogens is 1. The molecule has 0 saturated carbocycles. The van der Waals surface area contributed by atoms with Crippen molar-refractivity contribution in [2.24, 2.45) is 0 Å². The third-order valence-electron chi connectivity index (χ3n) is 16.9. The molecule has 0 bridgehead atoms. The van der Waals surface area contributed by atoms with Gasteiger partial charge in [-0.15, -0.1) is 0 Å². The highest BCUT2D eigenvalue weighted by Crippen LogP contribution is 2.66. The van der Waals surface area contributed by atoms with Gasteiger partial charge < -0.3 is 54.8 Å². The molecule has 12 N–H and O–H groups in total. The molecule has 4 heterocycles. The number of unbranched alkanes of at least 4 members (excludes halogenated alkanes) is 7. The standard InChI is InChI=1S/C59H86N7O29P3S4/c1-58(2)44-36-42(101(86,87)88)24-26-46(44)64(33-17-35-100(83,84)85)50(58)19-15-20-51-59(3,28-10-14-34-99(80,81)82)45-37-43(102(89,90)91)25-27-47(45)65(51)32-13-6-9-23-53(69)61-30-11-4-7-21-52(68)60-29-12-5-8-22-54(70)62-31-16-18-41-39-66(57(72)63-56(41)71)55-38-48(67)49(93-55)40-92-97(76,77)95-98(78,79)94-96(73,74)75/h15-16,18-20,24-27,36-37,39,48-49,55,67H,4-14,17,21-23,28-35,38,40H2,1-3H3,(H11-,60,61,62,63,68,69,70,71,72,73,74,75,76,77,78,79,80,81,82,83,84,85,86,87,88,89,90,91)/b18-16+/t48-,49+,55+,59?/m0/s1. The molecule has 3 amide bonds. The van der Waals surface area contributed by atoms with Gasteiger partial charge in [-0.05, 0) is 114 Å². The summed E-state index contributed by atoms with van der Waals surface area (Å²) in [4.78, 5) is 103. The molecule has 570 valence electrons. The zero-order valence-corrected chi connectivity index (χ0v) is 61.8. The number of aromatic nitrogens is 2. The van der Waals surface area contributed by atoms with Crippen LogP contribution in [0.3, 0.4) is 0 Å². The van der Waals surface area contributed by atoms with Gasteiger partial charge in [0.1, 0.15) is 29.0 Å². The number of benzene rings is 2. The summed E-state index contributed by atoms with van der Waals surface area (Å²) in [6, 6.07) is 8.03. The zero-order valence-electron chi connectivity index (χ0n) is 55.8. The molecule has 1 aromatic heterocycles. The highest BCUT2D eigenvalue weighted by molar-refractivity contribution is 7.86. The Morgan fingerprint density at radius 3 is 1.89 bits per heavy atom. The lowest BCUT2D eigenvalue weighted by molar-refractivity contribution is -0.437. The monoisotopic (exact) mass is 1580 g/mol. The fraction of sp³-hybridized carbons (Fsp3) is 0.559. The summed E-state index contributed by atoms with van der Waals surface area (Å²) < 4.78 is 192. The summed E-state index contributed by atoms with van der Waals surface area (Å²) >= 11 is 0. The van der Waals surface area contributed by atoms with Crippen molar-refractivity contribution in [2.45, 2.75) is 169 Å². The Morgan fingerprint density at radius 2 is 1.30 bits per heavy atom. The summed E-state index contributed by atoms with van der Waals surface area (Å²) in [5, 5.41) is 18.9. The third-order valence-corrected chi connectivity index (χ3v) is 24.0. The molecule has 6 rings (SSSR count). The van der Waals surface area contributed by atoms with E-state index in [-0.39, 0.29) is 92.6 Å². The topological polar surface area (TPSA) is 558 Å². The summed E-state index contributed by atoms with van der Waals surface area (Å²) in [6.45, 7) is 5.57. The van der Waals surface area contributed by atoms with Crippen LogP contribution in [0.4, 0.5) is 11.4 Å². The minimum atomic E-state index is -5.81. The molecule has 3 unspecified atom stereocenters. The van der Waals surface area contributed by atoms with Crippen LogP contribution in [0.1, 0.15) is 153 Å². The molecule has 102 heavy (non-hydrogen) atoms. The Morgan fingerprint density at radius 1 is 0.725 bits per heavy atom. The van der Waals surface area contributed by atoms with E-state index >= 15 is 0 Å². The molecule has 36 nitrogen and oxygen atoms in total. The van der Waals surface area contributed by atoms with Crippen LogP contribution < -0.4 is 32.1 Å². The summed E-state index contributed by atoms with van der Waals surface area (Å²) in [5.41, 5.74) is -0.666. The van der Waals surface area contributed by atoms with Gasteiger partial charge in [-0.1, -0.05) is 43.9 Å². The lowest BCUT2D eigenvalue weighted by atomic mass is 9.77. The number of phosphoric acid groups is 3. The first-order chi connectivity index (χ1) is 47.3. The van der Waals surface area contributed by atoms with Crippen LogP contribution in [0, 0.1) is 0 Å². The first-order valence-corrected chi connectivity index (χ1v) is 42.8. The number of carbonyl (C=O) groups is 3. The van der Waals surface area contributed by atoms with E-state index in [2.05, 4.69) is 34.1 Å². The highest BCUT2D eigenvalue weighted by atomic mass is 32.2. The first kappa shape index (κ1) is 85.1. The third kappa shape index (κ3) is 26.1. The summed E-state index contributed by atoms with van der Waals surface area (Å²) in [6.07, 6.45) is 10.7. The van der Waals surface area contributed by atoms with Crippen LogP contribution in [0.25, 0.3) is 6.08 Å². The van der Waals surface area contributed by atoms with Crippen molar-refractivity contribution in [3.8, 4) is 0 Å². The second-order valence-electron chi connectivity index (χ2n) is 25.1. The van der Waals surface area contributed by atoms with Crippen LogP contribution >= 0.6 is 23.5 Å². The number of phosphoric ester groups is 1. The van der Waals surface area contributed by atoms with E-state index in [0.29, 0.717) is 111 Å². The summed E-state index contributed by atoms with van der Waals surface area (Å²) in [7, 11) is -35.3. The number of carbonyl (C=O) groups excluding carboxylic acids is 3. The molecule has 3 aliphatic heterocycles. The Balaban J connectivity index is 0.917. The smallest absolute Gasteiger partial charge is 0.490 e. The van der Waals surface area contributed by atoms with Crippen LogP contribution in [0.15, 0.2) is 92.0 Å². The summed E-state index contributed by atoms with van der Waals surface area (Å²) in [5.74, 6) is -1.76. The van der Waals surface area contributed by atoms with Crippen LogP contribution in [-0.2, 0) is 97.3 Å². The van der Waals surface area contributed by atoms with Gasteiger partial charge in [0.05, 0.1) is 45.0 Å². The average Bonchev–Trinajstić information content (AvgIpc) is 1.59. The molecular formula is C59H86N7O29P3S4. The van der Waals surface area contributed by atoms with Crippen molar-refractivity contribution >= 4 is 105 Å². The number of hydrogen-bond donors (Lipinski definition) is 12. The van der Waals surface area contributed by atoms with E-state index in [4.69, 9.17) is 14.5 Å². The number of aliphatic hydroxyl groups is 1. The van der Waals surface area contributed by atoms with Crippen LogP contribution in [0.2, 0.25) is 0 Å². The Hall–Kier alpha value is -5.81. The number of amides is 3. The van der Waals surface area contributed by atoms with Crippen molar-refractivity contribution in [1.82, 2.24) is 25.5 Å². The molecule has 0 aliphatic carbocycles. The maximum Gasteiger partial charge on any atom is 0.490 e. The fourth-order valence-corrected chi connectivity index (χ4v) is 17.1. The molecule has 6 atom stereocenters. The molecule has 3 aliphatic rings. The van der Waals surface area contributed by atoms with Crippen LogP contribution in [0.5, 0.6) is 0 Å². The normalized spacial score (nSPS) is 20.3. The van der Waals surface area contributed by atoms with Crippen molar-refractivity contribution in [3.05, 3.63) is 110 Å². The van der Waals surface area contributed by atoms with E-state index in [1.165, 1.54) is 48.6 Å². The number of aliphatic hydroxyl groups excluding tert-OH is 1. The van der Waals surface area contributed by atoms with Gasteiger partial charge in [-0.3, -0.25) is 46.9 Å². The minimum Gasteiger partial charge on any atom is -0.744 e. The molecular weight excluding hydrogens is 1490 g/mol.